The number of hydrogen-bond donors (Lipinski definition) is 2. The molecule has 1 aromatic rings. The third kappa shape index (κ3) is 3.83. The molecule has 0 aromatic carbocycles. The third-order valence-electron chi connectivity index (χ3n) is 4.36. The Bertz CT molecular complexity index is 744. The molecule has 10 heteroatoms. The first-order valence-corrected chi connectivity index (χ1v) is 8.34. The number of amides is 1. The Morgan fingerprint density at radius 2 is 1.88 bits per heavy atom. The summed E-state index contributed by atoms with van der Waals surface area (Å²) < 4.78 is 37.6. The fourth-order valence-electron chi connectivity index (χ4n) is 3.02. The summed E-state index contributed by atoms with van der Waals surface area (Å²) >= 11 is 6.18. The number of likely N-dealkylation sites (tertiary alicyclic amines) is 1. The van der Waals surface area contributed by atoms with E-state index in [1.165, 1.54) is 0 Å². The van der Waals surface area contributed by atoms with Crippen LogP contribution in [0.25, 0.3) is 0 Å². The summed E-state index contributed by atoms with van der Waals surface area (Å²) in [4.78, 5) is 20.5. The fraction of sp³-hybridized carbons (Fsp3) is 0.438. The van der Waals surface area contributed by atoms with Crippen molar-refractivity contribution in [1.82, 2.24) is 15.2 Å². The number of hydrogen-bond acceptors (Lipinski definition) is 5. The second-order valence-corrected chi connectivity index (χ2v) is 6.45. The summed E-state index contributed by atoms with van der Waals surface area (Å²) in [6.45, 7) is -0.0827. The number of allylic oxidation sites excluding steroid dienone is 1. The van der Waals surface area contributed by atoms with E-state index in [2.05, 4.69) is 15.3 Å². The molecule has 2 aliphatic rings. The summed E-state index contributed by atoms with van der Waals surface area (Å²) in [5.41, 5.74) is 1.13. The number of amidine groups is 1. The summed E-state index contributed by atoms with van der Waals surface area (Å²) in [6, 6.07) is 3.42. The van der Waals surface area contributed by atoms with E-state index in [0.717, 1.165) is 4.90 Å². The van der Waals surface area contributed by atoms with Crippen LogP contribution in [-0.2, 0) is 4.79 Å². The van der Waals surface area contributed by atoms with E-state index in [0.29, 0.717) is 17.1 Å². The first-order valence-electron chi connectivity index (χ1n) is 7.96. The number of rotatable bonds is 2. The van der Waals surface area contributed by atoms with Gasteiger partial charge in [0.15, 0.2) is 6.23 Å². The summed E-state index contributed by atoms with van der Waals surface area (Å²) in [7, 11) is 0. The van der Waals surface area contributed by atoms with Crippen LogP contribution < -0.4 is 5.32 Å². The molecule has 2 aliphatic heterocycles. The Kier molecular flexibility index (Phi) is 5.19. The van der Waals surface area contributed by atoms with Gasteiger partial charge in [-0.2, -0.15) is 13.2 Å². The van der Waals surface area contributed by atoms with Crippen molar-refractivity contribution >= 4 is 23.3 Å². The van der Waals surface area contributed by atoms with Crippen LogP contribution in [0.2, 0.25) is 0 Å². The molecule has 0 radical (unpaired) electrons. The van der Waals surface area contributed by atoms with Gasteiger partial charge in [-0.05, 0) is 25.0 Å². The lowest BCUT2D eigenvalue weighted by atomic mass is 9.92. The molecule has 6 nitrogen and oxygen atoms in total. The highest BCUT2D eigenvalue weighted by Gasteiger charge is 2.43. The van der Waals surface area contributed by atoms with Gasteiger partial charge in [0.2, 0.25) is 0 Å². The zero-order valence-corrected chi connectivity index (χ0v) is 14.3. The maximum Gasteiger partial charge on any atom is 0.471 e. The van der Waals surface area contributed by atoms with Crippen molar-refractivity contribution < 1.29 is 23.1 Å². The van der Waals surface area contributed by atoms with Gasteiger partial charge >= 0.3 is 12.1 Å². The monoisotopic (exact) mass is 388 g/mol. The molecule has 26 heavy (non-hydrogen) atoms. The minimum atomic E-state index is -4.87. The summed E-state index contributed by atoms with van der Waals surface area (Å²) in [5.74, 6) is -1.66. The molecule has 3 heterocycles. The van der Waals surface area contributed by atoms with Crippen LogP contribution in [0.3, 0.4) is 0 Å². The molecule has 0 saturated carbocycles. The van der Waals surface area contributed by atoms with Crippen LogP contribution in [0, 0.1) is 5.92 Å². The molecule has 0 bridgehead atoms. The lowest BCUT2D eigenvalue weighted by Crippen LogP contribution is -2.46. The van der Waals surface area contributed by atoms with E-state index < -0.39 is 18.3 Å². The fourth-order valence-corrected chi connectivity index (χ4v) is 3.27. The number of aliphatic hydroxyl groups is 1. The van der Waals surface area contributed by atoms with Crippen LogP contribution in [0.15, 0.2) is 40.2 Å². The minimum Gasteiger partial charge on any atom is -0.369 e. The van der Waals surface area contributed by atoms with Crippen molar-refractivity contribution in [3.05, 3.63) is 40.8 Å². The number of carbonyl (C=O) groups is 1. The molecule has 1 atom stereocenters. The number of pyridine rings is 1. The van der Waals surface area contributed by atoms with E-state index in [9.17, 15) is 23.1 Å². The zero-order valence-electron chi connectivity index (χ0n) is 13.5. The Morgan fingerprint density at radius 1 is 1.27 bits per heavy atom. The highest BCUT2D eigenvalue weighted by Crippen LogP contribution is 2.33. The van der Waals surface area contributed by atoms with Gasteiger partial charge in [-0.3, -0.25) is 9.78 Å². The van der Waals surface area contributed by atoms with E-state index in [-0.39, 0.29) is 36.9 Å². The van der Waals surface area contributed by atoms with Crippen LogP contribution in [0.5, 0.6) is 0 Å². The summed E-state index contributed by atoms with van der Waals surface area (Å²) in [6.07, 6.45) is -2.30. The molecule has 0 spiro atoms. The normalized spacial score (nSPS) is 22.1. The molecule has 140 valence electrons. The van der Waals surface area contributed by atoms with Crippen molar-refractivity contribution in [2.24, 2.45) is 10.9 Å². The minimum absolute atomic E-state index is 0.0414. The SMILES string of the molecule is O=C(N1CCC(C2=C(Cl)C(O)NC(c3ccncc3)=N2)CC1)C(F)(F)F. The number of aromatic nitrogens is 1. The van der Waals surface area contributed by atoms with E-state index in [1.54, 1.807) is 24.5 Å². The Hall–Kier alpha value is -2.13. The first kappa shape index (κ1) is 18.7. The second-order valence-electron chi connectivity index (χ2n) is 6.04. The molecule has 1 saturated heterocycles. The number of piperidine rings is 1. The molecule has 2 N–H and O–H groups in total. The average molecular weight is 389 g/mol. The second kappa shape index (κ2) is 7.24. The third-order valence-corrected chi connectivity index (χ3v) is 4.76. The van der Waals surface area contributed by atoms with Crippen LogP contribution in [-0.4, -0.2) is 52.2 Å². The topological polar surface area (TPSA) is 77.8 Å². The Balaban J connectivity index is 1.77. The number of nitrogens with one attached hydrogen (secondary N) is 1. The molecule has 1 unspecified atom stereocenters. The van der Waals surface area contributed by atoms with Crippen molar-refractivity contribution in [2.45, 2.75) is 25.2 Å². The van der Waals surface area contributed by atoms with E-state index >= 15 is 0 Å². The van der Waals surface area contributed by atoms with Gasteiger partial charge in [-0.15, -0.1) is 0 Å². The van der Waals surface area contributed by atoms with E-state index in [1.807, 2.05) is 0 Å². The summed E-state index contributed by atoms with van der Waals surface area (Å²) in [5, 5.41) is 13.0. The molecular weight excluding hydrogens is 373 g/mol. The van der Waals surface area contributed by atoms with Crippen molar-refractivity contribution in [1.29, 1.82) is 0 Å². The predicted molar refractivity (Wildman–Crippen MR) is 88.2 cm³/mol. The predicted octanol–water partition coefficient (Wildman–Crippen LogP) is 2.00. The number of halogens is 4. The quantitative estimate of drug-likeness (QED) is 0.812. The highest BCUT2D eigenvalue weighted by molar-refractivity contribution is 6.31. The average Bonchev–Trinajstić information content (AvgIpc) is 2.63. The maximum atomic E-state index is 12.5. The number of aliphatic imine (C=N–C) groups is 1. The van der Waals surface area contributed by atoms with Gasteiger partial charge in [0.05, 0.1) is 10.7 Å². The molecule has 1 fully saturated rings. The lowest BCUT2D eigenvalue weighted by Gasteiger charge is -2.34. The van der Waals surface area contributed by atoms with Gasteiger partial charge < -0.3 is 15.3 Å². The first-order chi connectivity index (χ1) is 12.3. The smallest absolute Gasteiger partial charge is 0.369 e. The molecule has 0 aliphatic carbocycles. The zero-order chi connectivity index (χ0) is 18.9. The molecule has 3 rings (SSSR count). The van der Waals surface area contributed by atoms with Gasteiger partial charge in [0.1, 0.15) is 5.84 Å². The van der Waals surface area contributed by atoms with Crippen molar-refractivity contribution in [3.63, 3.8) is 0 Å². The van der Waals surface area contributed by atoms with Crippen LogP contribution >= 0.6 is 11.6 Å². The van der Waals surface area contributed by atoms with Crippen LogP contribution in [0.4, 0.5) is 13.2 Å². The van der Waals surface area contributed by atoms with E-state index in [4.69, 9.17) is 11.6 Å². The maximum absolute atomic E-state index is 12.5. The lowest BCUT2D eigenvalue weighted by molar-refractivity contribution is -0.186. The molecular formula is C16H16ClF3N4O2. The number of aliphatic hydroxyl groups excluding tert-OH is 1. The Morgan fingerprint density at radius 3 is 2.46 bits per heavy atom. The molecule has 1 amide bonds. The van der Waals surface area contributed by atoms with Gasteiger partial charge in [0, 0.05) is 37.0 Å². The van der Waals surface area contributed by atoms with Crippen LogP contribution in [0.1, 0.15) is 18.4 Å². The largest absolute Gasteiger partial charge is 0.471 e. The molecule has 1 aromatic heterocycles. The standard InChI is InChI=1S/C16H16ClF3N4O2/c17-11-12(9-3-7-24(8-4-9)15(26)16(18,19)20)22-13(23-14(11)25)10-1-5-21-6-2-10/h1-2,5-6,9,14,25H,3-4,7-8H2,(H,22,23). The van der Waals surface area contributed by atoms with Gasteiger partial charge in [-0.1, -0.05) is 11.6 Å². The number of nitrogens with zero attached hydrogens (tertiary/aromatic N) is 3. The van der Waals surface area contributed by atoms with Crippen molar-refractivity contribution in [2.75, 3.05) is 13.1 Å². The highest BCUT2D eigenvalue weighted by atomic mass is 35.5. The number of carbonyl (C=O) groups excluding carboxylic acids is 1. The van der Waals surface area contributed by atoms with Gasteiger partial charge in [-0.25, -0.2) is 4.99 Å². The van der Waals surface area contributed by atoms with Gasteiger partial charge in [0.25, 0.3) is 0 Å². The Labute approximate surface area is 152 Å². The number of alkyl halides is 3. The van der Waals surface area contributed by atoms with Crippen molar-refractivity contribution in [3.8, 4) is 0 Å².